The standard InChI is InChI=1S/C20H33N5O2.HI/c1-6-22-18(26)20(2,3)15-23-19(21-4)25-13-11-24(12-14-25)16-9-7-8-10-17(16)27-5;/h7-10H,6,11-15H2,1-5H3,(H,21,23)(H,22,26);1H. The average Bonchev–Trinajstić information content (AvgIpc) is 2.69. The molecule has 8 heteroatoms. The Kier molecular flexibility index (Phi) is 9.84. The smallest absolute Gasteiger partial charge is 0.227 e. The van der Waals surface area contributed by atoms with E-state index in [1.165, 1.54) is 0 Å². The first kappa shape index (κ1) is 24.3. The van der Waals surface area contributed by atoms with Crippen LogP contribution in [0.15, 0.2) is 29.3 Å². The third-order valence-corrected chi connectivity index (χ3v) is 4.86. The number of carbonyl (C=O) groups is 1. The molecule has 2 rings (SSSR count). The number of ether oxygens (including phenoxy) is 1. The predicted octanol–water partition coefficient (Wildman–Crippen LogP) is 2.17. The molecule has 0 bridgehead atoms. The molecule has 1 aromatic rings. The molecule has 1 heterocycles. The number of hydrogen-bond acceptors (Lipinski definition) is 4. The molecule has 0 aliphatic carbocycles. The van der Waals surface area contributed by atoms with Gasteiger partial charge >= 0.3 is 0 Å². The van der Waals surface area contributed by atoms with Crippen LogP contribution in [0.25, 0.3) is 0 Å². The quantitative estimate of drug-likeness (QED) is 0.354. The summed E-state index contributed by atoms with van der Waals surface area (Å²) in [6, 6.07) is 8.11. The van der Waals surface area contributed by atoms with Crippen molar-refractivity contribution in [2.45, 2.75) is 20.8 Å². The fourth-order valence-electron chi connectivity index (χ4n) is 3.16. The van der Waals surface area contributed by atoms with Gasteiger partial charge in [-0.25, -0.2) is 0 Å². The molecule has 0 atom stereocenters. The van der Waals surface area contributed by atoms with Crippen molar-refractivity contribution in [1.29, 1.82) is 0 Å². The van der Waals surface area contributed by atoms with Gasteiger partial charge in [-0.1, -0.05) is 12.1 Å². The maximum Gasteiger partial charge on any atom is 0.227 e. The monoisotopic (exact) mass is 503 g/mol. The summed E-state index contributed by atoms with van der Waals surface area (Å²) in [7, 11) is 3.49. The lowest BCUT2D eigenvalue weighted by molar-refractivity contribution is -0.128. The van der Waals surface area contributed by atoms with E-state index in [0.717, 1.165) is 43.6 Å². The first-order chi connectivity index (χ1) is 12.9. The van der Waals surface area contributed by atoms with Crippen LogP contribution in [-0.4, -0.2) is 70.2 Å². The topological polar surface area (TPSA) is 69.2 Å². The highest BCUT2D eigenvalue weighted by atomic mass is 127. The molecule has 28 heavy (non-hydrogen) atoms. The Morgan fingerprint density at radius 1 is 1.18 bits per heavy atom. The molecular formula is C20H34IN5O2. The molecule has 1 amide bonds. The number of piperazine rings is 1. The zero-order chi connectivity index (χ0) is 19.9. The minimum absolute atomic E-state index is 0. The van der Waals surface area contributed by atoms with E-state index in [0.29, 0.717) is 13.1 Å². The van der Waals surface area contributed by atoms with Gasteiger partial charge < -0.3 is 25.2 Å². The molecule has 0 unspecified atom stereocenters. The number of guanidine groups is 1. The Labute approximate surface area is 185 Å². The van der Waals surface area contributed by atoms with E-state index in [2.05, 4.69) is 31.5 Å². The van der Waals surface area contributed by atoms with E-state index in [1.54, 1.807) is 14.2 Å². The zero-order valence-corrected chi connectivity index (χ0v) is 19.9. The van der Waals surface area contributed by atoms with Gasteiger partial charge in [-0.05, 0) is 32.9 Å². The molecule has 1 aromatic carbocycles. The number of anilines is 1. The Hall–Kier alpha value is -1.71. The van der Waals surface area contributed by atoms with Crippen LogP contribution in [0.5, 0.6) is 5.75 Å². The van der Waals surface area contributed by atoms with Crippen molar-refractivity contribution in [2.24, 2.45) is 10.4 Å². The molecule has 0 spiro atoms. The van der Waals surface area contributed by atoms with Gasteiger partial charge in [-0.2, -0.15) is 0 Å². The third-order valence-electron chi connectivity index (χ3n) is 4.86. The minimum atomic E-state index is -0.495. The van der Waals surface area contributed by atoms with Gasteiger partial charge in [0.05, 0.1) is 18.2 Å². The van der Waals surface area contributed by atoms with E-state index in [-0.39, 0.29) is 29.9 Å². The lowest BCUT2D eigenvalue weighted by Gasteiger charge is -2.38. The van der Waals surface area contributed by atoms with E-state index in [9.17, 15) is 4.79 Å². The molecule has 7 nitrogen and oxygen atoms in total. The first-order valence-corrected chi connectivity index (χ1v) is 9.54. The molecule has 1 fully saturated rings. The molecule has 2 N–H and O–H groups in total. The largest absolute Gasteiger partial charge is 0.495 e. The van der Waals surface area contributed by atoms with E-state index in [4.69, 9.17) is 4.74 Å². The summed E-state index contributed by atoms with van der Waals surface area (Å²) in [6.45, 7) is 10.5. The van der Waals surface area contributed by atoms with Crippen LogP contribution in [0.3, 0.4) is 0 Å². The second-order valence-corrected chi connectivity index (χ2v) is 7.29. The number of rotatable bonds is 6. The van der Waals surface area contributed by atoms with Gasteiger partial charge in [-0.3, -0.25) is 9.79 Å². The average molecular weight is 503 g/mol. The van der Waals surface area contributed by atoms with Crippen LogP contribution >= 0.6 is 24.0 Å². The Bertz CT molecular complexity index is 658. The second kappa shape index (κ2) is 11.3. The number of nitrogens with zero attached hydrogens (tertiary/aromatic N) is 3. The number of methoxy groups -OCH3 is 1. The van der Waals surface area contributed by atoms with Crippen LogP contribution in [0.4, 0.5) is 5.69 Å². The SMILES string of the molecule is CCNC(=O)C(C)(C)CNC(=NC)N1CCN(c2ccccc2OC)CC1.I. The highest BCUT2D eigenvalue weighted by Gasteiger charge is 2.28. The van der Waals surface area contributed by atoms with Crippen molar-refractivity contribution in [3.05, 3.63) is 24.3 Å². The van der Waals surface area contributed by atoms with Gasteiger partial charge in [0.25, 0.3) is 0 Å². The van der Waals surface area contributed by atoms with Crippen LogP contribution in [-0.2, 0) is 4.79 Å². The first-order valence-electron chi connectivity index (χ1n) is 9.54. The van der Waals surface area contributed by atoms with E-state index in [1.807, 2.05) is 39.0 Å². The Morgan fingerprint density at radius 3 is 2.39 bits per heavy atom. The highest BCUT2D eigenvalue weighted by Crippen LogP contribution is 2.28. The van der Waals surface area contributed by atoms with Gasteiger partial charge in [0.1, 0.15) is 5.75 Å². The zero-order valence-electron chi connectivity index (χ0n) is 17.6. The van der Waals surface area contributed by atoms with Crippen LogP contribution in [0, 0.1) is 5.41 Å². The van der Waals surface area contributed by atoms with Gasteiger partial charge in [-0.15, -0.1) is 24.0 Å². The number of nitrogens with one attached hydrogen (secondary N) is 2. The number of benzene rings is 1. The minimum Gasteiger partial charge on any atom is -0.495 e. The maximum absolute atomic E-state index is 12.2. The Balaban J connectivity index is 0.00000392. The second-order valence-electron chi connectivity index (χ2n) is 7.29. The molecule has 0 saturated carbocycles. The van der Waals surface area contributed by atoms with Crippen molar-refractivity contribution in [3.8, 4) is 5.75 Å². The van der Waals surface area contributed by atoms with E-state index >= 15 is 0 Å². The molecule has 0 radical (unpaired) electrons. The summed E-state index contributed by atoms with van der Waals surface area (Å²) in [5, 5.41) is 6.26. The number of amides is 1. The van der Waals surface area contributed by atoms with Crippen molar-refractivity contribution in [3.63, 3.8) is 0 Å². The third kappa shape index (κ3) is 6.15. The predicted molar refractivity (Wildman–Crippen MR) is 126 cm³/mol. The van der Waals surface area contributed by atoms with Gasteiger partial charge in [0.2, 0.25) is 5.91 Å². The summed E-state index contributed by atoms with van der Waals surface area (Å²) >= 11 is 0. The Morgan fingerprint density at radius 2 is 1.82 bits per heavy atom. The van der Waals surface area contributed by atoms with Crippen molar-refractivity contribution >= 4 is 41.5 Å². The van der Waals surface area contributed by atoms with Crippen molar-refractivity contribution < 1.29 is 9.53 Å². The number of hydrogen-bond donors (Lipinski definition) is 2. The van der Waals surface area contributed by atoms with Gasteiger partial charge in [0, 0.05) is 46.3 Å². The van der Waals surface area contributed by atoms with Crippen LogP contribution in [0.1, 0.15) is 20.8 Å². The summed E-state index contributed by atoms with van der Waals surface area (Å²) in [5.74, 6) is 1.79. The van der Waals surface area contributed by atoms with Crippen molar-refractivity contribution in [1.82, 2.24) is 15.5 Å². The summed E-state index contributed by atoms with van der Waals surface area (Å²) in [4.78, 5) is 21.2. The van der Waals surface area contributed by atoms with Crippen LogP contribution in [0.2, 0.25) is 0 Å². The lowest BCUT2D eigenvalue weighted by Crippen LogP contribution is -2.54. The molecule has 1 saturated heterocycles. The van der Waals surface area contributed by atoms with Crippen LogP contribution < -0.4 is 20.3 Å². The summed E-state index contributed by atoms with van der Waals surface area (Å²) in [5.41, 5.74) is 0.630. The molecule has 1 aliphatic heterocycles. The number of halogens is 1. The molecule has 158 valence electrons. The van der Waals surface area contributed by atoms with Crippen molar-refractivity contribution in [2.75, 3.05) is 58.3 Å². The highest BCUT2D eigenvalue weighted by molar-refractivity contribution is 14.0. The fraction of sp³-hybridized carbons (Fsp3) is 0.600. The number of aliphatic imine (C=N–C) groups is 1. The van der Waals surface area contributed by atoms with Gasteiger partial charge in [0.15, 0.2) is 5.96 Å². The molecule has 1 aliphatic rings. The lowest BCUT2D eigenvalue weighted by atomic mass is 9.92. The fourth-order valence-corrected chi connectivity index (χ4v) is 3.16. The normalized spacial score (nSPS) is 15.0. The number of para-hydroxylation sites is 2. The van der Waals surface area contributed by atoms with E-state index < -0.39 is 5.41 Å². The number of carbonyl (C=O) groups excluding carboxylic acids is 1. The molecule has 0 aromatic heterocycles. The maximum atomic E-state index is 12.2. The molecular weight excluding hydrogens is 469 g/mol. The summed E-state index contributed by atoms with van der Waals surface area (Å²) in [6.07, 6.45) is 0. The summed E-state index contributed by atoms with van der Waals surface area (Å²) < 4.78 is 5.48.